The Kier molecular flexibility index (Phi) is 6.92. The van der Waals surface area contributed by atoms with Crippen LogP contribution < -0.4 is 11.1 Å². The van der Waals surface area contributed by atoms with E-state index in [1.54, 1.807) is 24.3 Å². The van der Waals surface area contributed by atoms with Gasteiger partial charge in [0.25, 0.3) is 0 Å². The number of nitrogens with two attached hydrogens (primary N) is 1. The highest BCUT2D eigenvalue weighted by Crippen LogP contribution is 2.20. The number of rotatable bonds is 7. The normalized spacial score (nSPS) is 16.2. The van der Waals surface area contributed by atoms with Gasteiger partial charge in [0.05, 0.1) is 0 Å². The van der Waals surface area contributed by atoms with Crippen LogP contribution in [0.5, 0.6) is 0 Å². The van der Waals surface area contributed by atoms with Gasteiger partial charge in [-0.15, -0.1) is 0 Å². The maximum Gasteiger partial charge on any atom is 0.248 e. The molecule has 23 heavy (non-hydrogen) atoms. The number of primary amides is 1. The maximum absolute atomic E-state index is 12.0. The lowest BCUT2D eigenvalue weighted by Crippen LogP contribution is -2.36. The molecule has 126 valence electrons. The van der Waals surface area contributed by atoms with Crippen molar-refractivity contribution in [3.63, 3.8) is 0 Å². The van der Waals surface area contributed by atoms with Gasteiger partial charge in [0.1, 0.15) is 0 Å². The predicted octanol–water partition coefficient (Wildman–Crippen LogP) is 2.19. The van der Waals surface area contributed by atoms with Crippen LogP contribution in [0.4, 0.5) is 5.69 Å². The molecule has 0 atom stereocenters. The van der Waals surface area contributed by atoms with Crippen LogP contribution in [0.1, 0.15) is 29.6 Å². The highest BCUT2D eigenvalue weighted by atomic mass is 32.2. The van der Waals surface area contributed by atoms with Crippen molar-refractivity contribution in [3.8, 4) is 0 Å². The number of nitrogens with one attached hydrogen (secondary N) is 1. The Bertz CT molecular complexity index is 525. The number of amides is 2. The van der Waals surface area contributed by atoms with E-state index in [4.69, 9.17) is 5.73 Å². The average molecular weight is 335 g/mol. The topological polar surface area (TPSA) is 75.4 Å². The first-order valence-electron chi connectivity index (χ1n) is 7.99. The van der Waals surface area contributed by atoms with Gasteiger partial charge in [-0.1, -0.05) is 0 Å². The smallest absolute Gasteiger partial charge is 0.248 e. The Morgan fingerprint density at radius 3 is 2.48 bits per heavy atom. The summed E-state index contributed by atoms with van der Waals surface area (Å²) >= 11 is 1.92. The minimum absolute atomic E-state index is 0.00284. The molecule has 0 unspecified atom stereocenters. The van der Waals surface area contributed by atoms with Crippen molar-refractivity contribution in [1.82, 2.24) is 4.90 Å². The summed E-state index contributed by atoms with van der Waals surface area (Å²) in [7, 11) is 0. The second-order valence-corrected chi connectivity index (χ2v) is 6.89. The maximum atomic E-state index is 12.0. The summed E-state index contributed by atoms with van der Waals surface area (Å²) in [4.78, 5) is 25.4. The minimum Gasteiger partial charge on any atom is -0.366 e. The molecule has 6 heteroatoms. The first kappa shape index (κ1) is 17.8. The van der Waals surface area contributed by atoms with Crippen LogP contribution >= 0.6 is 11.8 Å². The summed E-state index contributed by atoms with van der Waals surface area (Å²) in [6, 6.07) is 6.64. The number of nitrogens with zero attached hydrogens (tertiary/aromatic N) is 1. The van der Waals surface area contributed by atoms with Gasteiger partial charge in [0.2, 0.25) is 11.8 Å². The molecule has 1 aliphatic rings. The largest absolute Gasteiger partial charge is 0.366 e. The van der Waals surface area contributed by atoms with E-state index in [1.807, 2.05) is 11.8 Å². The van der Waals surface area contributed by atoms with E-state index in [2.05, 4.69) is 16.5 Å². The zero-order chi connectivity index (χ0) is 16.7. The van der Waals surface area contributed by atoms with Crippen molar-refractivity contribution < 1.29 is 9.59 Å². The van der Waals surface area contributed by atoms with E-state index in [0.717, 1.165) is 25.6 Å². The highest BCUT2D eigenvalue weighted by Gasteiger charge is 2.19. The number of hydrogen-bond donors (Lipinski definition) is 2. The monoisotopic (exact) mass is 335 g/mol. The summed E-state index contributed by atoms with van der Waals surface area (Å²) in [5, 5.41) is 2.86. The number of benzene rings is 1. The molecule has 1 aliphatic heterocycles. The van der Waals surface area contributed by atoms with Gasteiger partial charge < -0.3 is 16.0 Å². The third-order valence-electron chi connectivity index (χ3n) is 4.22. The van der Waals surface area contributed by atoms with Gasteiger partial charge in [-0.25, -0.2) is 0 Å². The SMILES string of the molecule is CSCC1CCN(CCC(=O)Nc2ccc(C(N)=O)cc2)CC1. The van der Waals surface area contributed by atoms with E-state index >= 15 is 0 Å². The molecule has 0 spiro atoms. The average Bonchev–Trinajstić information content (AvgIpc) is 2.55. The number of hydrogen-bond acceptors (Lipinski definition) is 4. The van der Waals surface area contributed by atoms with E-state index in [0.29, 0.717) is 17.7 Å². The third-order valence-corrected chi connectivity index (χ3v) is 5.02. The Morgan fingerprint density at radius 1 is 1.26 bits per heavy atom. The lowest BCUT2D eigenvalue weighted by molar-refractivity contribution is -0.116. The fourth-order valence-corrected chi connectivity index (χ4v) is 3.62. The zero-order valence-electron chi connectivity index (χ0n) is 13.6. The second kappa shape index (κ2) is 8.93. The molecule has 5 nitrogen and oxygen atoms in total. The second-order valence-electron chi connectivity index (χ2n) is 5.98. The van der Waals surface area contributed by atoms with Crippen LogP contribution in [-0.2, 0) is 4.79 Å². The number of likely N-dealkylation sites (tertiary alicyclic amines) is 1. The van der Waals surface area contributed by atoms with E-state index < -0.39 is 5.91 Å². The molecule has 0 saturated carbocycles. The van der Waals surface area contributed by atoms with Gasteiger partial charge in [-0.2, -0.15) is 11.8 Å². The highest BCUT2D eigenvalue weighted by molar-refractivity contribution is 7.98. The minimum atomic E-state index is -0.465. The number of piperidine rings is 1. The molecule has 1 fully saturated rings. The Balaban J connectivity index is 1.70. The standard InChI is InChI=1S/C17H25N3O2S/c1-23-12-13-6-9-20(10-7-13)11-8-16(21)19-15-4-2-14(3-5-15)17(18)22/h2-5,13H,6-12H2,1H3,(H2,18,22)(H,19,21). The Hall–Kier alpha value is -1.53. The van der Waals surface area contributed by atoms with Crippen LogP contribution in [0.25, 0.3) is 0 Å². The summed E-state index contributed by atoms with van der Waals surface area (Å²) < 4.78 is 0. The van der Waals surface area contributed by atoms with E-state index in [9.17, 15) is 9.59 Å². The van der Waals surface area contributed by atoms with Crippen LogP contribution in [-0.4, -0.2) is 48.4 Å². The lowest BCUT2D eigenvalue weighted by Gasteiger charge is -2.31. The number of carbonyl (C=O) groups is 2. The van der Waals surface area contributed by atoms with Crippen LogP contribution in [0.15, 0.2) is 24.3 Å². The summed E-state index contributed by atoms with van der Waals surface area (Å²) in [6.07, 6.45) is 5.12. The van der Waals surface area contributed by atoms with Crippen molar-refractivity contribution >= 4 is 29.3 Å². The lowest BCUT2D eigenvalue weighted by atomic mass is 9.99. The summed E-state index contributed by atoms with van der Waals surface area (Å²) in [6.45, 7) is 2.98. The van der Waals surface area contributed by atoms with Crippen molar-refractivity contribution in [2.75, 3.05) is 37.0 Å². The van der Waals surface area contributed by atoms with Gasteiger partial charge in [0, 0.05) is 24.2 Å². The fraction of sp³-hybridized carbons (Fsp3) is 0.529. The van der Waals surface area contributed by atoms with Gasteiger partial charge in [0.15, 0.2) is 0 Å². The molecule has 1 heterocycles. The van der Waals surface area contributed by atoms with Crippen LogP contribution in [0, 0.1) is 5.92 Å². The molecular formula is C17H25N3O2S. The zero-order valence-corrected chi connectivity index (χ0v) is 14.4. The molecule has 0 aliphatic carbocycles. The quantitative estimate of drug-likeness (QED) is 0.801. The fourth-order valence-electron chi connectivity index (χ4n) is 2.81. The number of anilines is 1. The molecule has 1 aromatic carbocycles. The molecule has 0 bridgehead atoms. The predicted molar refractivity (Wildman–Crippen MR) is 95.8 cm³/mol. The van der Waals surface area contributed by atoms with Crippen molar-refractivity contribution in [2.24, 2.45) is 11.7 Å². The van der Waals surface area contributed by atoms with Gasteiger partial charge >= 0.3 is 0 Å². The third kappa shape index (κ3) is 5.88. The molecule has 1 aromatic rings. The van der Waals surface area contributed by atoms with E-state index in [-0.39, 0.29) is 5.91 Å². The first-order valence-corrected chi connectivity index (χ1v) is 9.39. The van der Waals surface area contributed by atoms with Crippen LogP contribution in [0.3, 0.4) is 0 Å². The van der Waals surface area contributed by atoms with Crippen molar-refractivity contribution in [3.05, 3.63) is 29.8 Å². The molecule has 2 amide bonds. The molecule has 2 rings (SSSR count). The van der Waals surface area contributed by atoms with Gasteiger partial charge in [-0.3, -0.25) is 9.59 Å². The number of carbonyl (C=O) groups excluding carboxylic acids is 2. The van der Waals surface area contributed by atoms with Crippen LogP contribution in [0.2, 0.25) is 0 Å². The molecule has 3 N–H and O–H groups in total. The molecular weight excluding hydrogens is 310 g/mol. The summed E-state index contributed by atoms with van der Waals surface area (Å²) in [5.41, 5.74) is 6.32. The Morgan fingerprint density at radius 2 is 1.91 bits per heavy atom. The molecule has 1 saturated heterocycles. The Labute approximate surface area is 142 Å². The molecule has 0 aromatic heterocycles. The summed E-state index contributed by atoms with van der Waals surface area (Å²) in [5.74, 6) is 1.62. The van der Waals surface area contributed by atoms with Gasteiger partial charge in [-0.05, 0) is 68.1 Å². The van der Waals surface area contributed by atoms with Crippen molar-refractivity contribution in [1.29, 1.82) is 0 Å². The van der Waals surface area contributed by atoms with E-state index in [1.165, 1.54) is 18.6 Å². The molecule has 0 radical (unpaired) electrons. The number of thioether (sulfide) groups is 1. The van der Waals surface area contributed by atoms with Crippen molar-refractivity contribution in [2.45, 2.75) is 19.3 Å². The first-order chi connectivity index (χ1) is 11.1.